The molecule has 0 saturated carbocycles. The number of hydrogen-bond donors (Lipinski definition) is 3. The maximum Gasteiger partial charge on any atom is 0.107 e. The standard InChI is InChI=1S/C11H15N3O/c12-7-8-3-1-4-9-11(8)14-10(13-9)5-2-6-15/h1,3-4,15H,2,5-7,12H2,(H,13,14). The number of fused-ring (bicyclic) bond motifs is 1. The van der Waals surface area contributed by atoms with Gasteiger partial charge in [0.25, 0.3) is 0 Å². The van der Waals surface area contributed by atoms with E-state index in [0.717, 1.165) is 35.3 Å². The summed E-state index contributed by atoms with van der Waals surface area (Å²) in [6, 6.07) is 5.95. The highest BCUT2D eigenvalue weighted by atomic mass is 16.2. The number of aryl methyl sites for hydroxylation is 1. The van der Waals surface area contributed by atoms with Gasteiger partial charge in [0.05, 0.1) is 11.0 Å². The predicted octanol–water partition coefficient (Wildman–Crippen LogP) is 0.947. The first-order valence-corrected chi connectivity index (χ1v) is 5.12. The summed E-state index contributed by atoms with van der Waals surface area (Å²) in [6.07, 6.45) is 1.51. The number of nitrogens with two attached hydrogens (primary N) is 1. The third kappa shape index (κ3) is 2.00. The van der Waals surface area contributed by atoms with E-state index in [1.165, 1.54) is 0 Å². The molecular weight excluding hydrogens is 190 g/mol. The van der Waals surface area contributed by atoms with Gasteiger partial charge in [-0.1, -0.05) is 12.1 Å². The Hall–Kier alpha value is -1.39. The number of H-pyrrole nitrogens is 1. The van der Waals surface area contributed by atoms with E-state index in [-0.39, 0.29) is 6.61 Å². The second-order valence-electron chi connectivity index (χ2n) is 3.53. The van der Waals surface area contributed by atoms with Gasteiger partial charge in [-0.3, -0.25) is 0 Å². The van der Waals surface area contributed by atoms with E-state index >= 15 is 0 Å². The molecule has 0 fully saturated rings. The zero-order valence-electron chi connectivity index (χ0n) is 8.53. The number of aliphatic hydroxyl groups excluding tert-OH is 1. The molecule has 0 spiro atoms. The Labute approximate surface area is 88.1 Å². The Morgan fingerprint density at radius 1 is 1.40 bits per heavy atom. The largest absolute Gasteiger partial charge is 0.396 e. The van der Waals surface area contributed by atoms with Crippen LogP contribution in [0.4, 0.5) is 0 Å². The van der Waals surface area contributed by atoms with Crippen molar-refractivity contribution in [1.82, 2.24) is 9.97 Å². The van der Waals surface area contributed by atoms with Crippen molar-refractivity contribution in [3.8, 4) is 0 Å². The number of imidazole rings is 1. The first kappa shape index (κ1) is 10.1. The molecule has 0 aliphatic rings. The van der Waals surface area contributed by atoms with Crippen LogP contribution in [0.1, 0.15) is 17.8 Å². The monoisotopic (exact) mass is 205 g/mol. The van der Waals surface area contributed by atoms with Gasteiger partial charge in [0.15, 0.2) is 0 Å². The van der Waals surface area contributed by atoms with Crippen LogP contribution in [-0.4, -0.2) is 21.7 Å². The molecule has 0 unspecified atom stereocenters. The molecule has 4 heteroatoms. The van der Waals surface area contributed by atoms with E-state index in [2.05, 4.69) is 9.97 Å². The van der Waals surface area contributed by atoms with E-state index in [9.17, 15) is 0 Å². The van der Waals surface area contributed by atoms with Gasteiger partial charge in [-0.2, -0.15) is 0 Å². The van der Waals surface area contributed by atoms with Gasteiger partial charge in [-0.15, -0.1) is 0 Å². The highest BCUT2D eigenvalue weighted by Crippen LogP contribution is 2.16. The van der Waals surface area contributed by atoms with Crippen molar-refractivity contribution < 1.29 is 5.11 Å². The summed E-state index contributed by atoms with van der Waals surface area (Å²) in [6.45, 7) is 0.697. The average molecular weight is 205 g/mol. The smallest absolute Gasteiger partial charge is 0.107 e. The molecule has 0 radical (unpaired) electrons. The molecule has 0 bridgehead atoms. The fourth-order valence-corrected chi connectivity index (χ4v) is 1.67. The molecular formula is C11H15N3O. The Balaban J connectivity index is 2.37. The summed E-state index contributed by atoms with van der Waals surface area (Å²) in [7, 11) is 0. The summed E-state index contributed by atoms with van der Waals surface area (Å²) in [4.78, 5) is 7.70. The maximum absolute atomic E-state index is 8.74. The first-order chi connectivity index (χ1) is 7.35. The lowest BCUT2D eigenvalue weighted by molar-refractivity contribution is 0.287. The fourth-order valence-electron chi connectivity index (χ4n) is 1.67. The quantitative estimate of drug-likeness (QED) is 0.695. The summed E-state index contributed by atoms with van der Waals surface area (Å²) in [5, 5.41) is 8.74. The molecule has 2 rings (SSSR count). The number of benzene rings is 1. The topological polar surface area (TPSA) is 74.9 Å². The van der Waals surface area contributed by atoms with Gasteiger partial charge in [0.2, 0.25) is 0 Å². The molecule has 4 N–H and O–H groups in total. The minimum atomic E-state index is 0.195. The number of rotatable bonds is 4. The summed E-state index contributed by atoms with van der Waals surface area (Å²) < 4.78 is 0. The van der Waals surface area contributed by atoms with Gasteiger partial charge >= 0.3 is 0 Å². The normalized spacial score (nSPS) is 11.1. The van der Waals surface area contributed by atoms with Gasteiger partial charge in [0.1, 0.15) is 5.82 Å². The lowest BCUT2D eigenvalue weighted by atomic mass is 10.2. The number of nitrogens with zero attached hydrogens (tertiary/aromatic N) is 1. The molecule has 2 aromatic rings. The summed E-state index contributed by atoms with van der Waals surface area (Å²) in [5.74, 6) is 0.917. The van der Waals surface area contributed by atoms with Crippen LogP contribution in [-0.2, 0) is 13.0 Å². The van der Waals surface area contributed by atoms with Crippen LogP contribution in [0.2, 0.25) is 0 Å². The molecule has 1 aromatic heterocycles. The van der Waals surface area contributed by atoms with Crippen molar-refractivity contribution in [2.75, 3.05) is 6.61 Å². The average Bonchev–Trinajstić information content (AvgIpc) is 2.68. The molecule has 80 valence electrons. The molecule has 0 saturated heterocycles. The van der Waals surface area contributed by atoms with E-state index in [0.29, 0.717) is 6.54 Å². The number of aromatic nitrogens is 2. The third-order valence-electron chi connectivity index (χ3n) is 2.44. The molecule has 0 aliphatic heterocycles. The zero-order chi connectivity index (χ0) is 10.7. The minimum absolute atomic E-state index is 0.195. The zero-order valence-corrected chi connectivity index (χ0v) is 8.53. The third-order valence-corrected chi connectivity index (χ3v) is 2.44. The SMILES string of the molecule is NCc1cccc2[nH]c(CCCO)nc12. The number of hydrogen-bond acceptors (Lipinski definition) is 3. The second-order valence-corrected chi connectivity index (χ2v) is 3.53. The molecule has 0 aliphatic carbocycles. The van der Waals surface area contributed by atoms with Crippen LogP contribution in [0.25, 0.3) is 11.0 Å². The van der Waals surface area contributed by atoms with Crippen LogP contribution in [0.15, 0.2) is 18.2 Å². The highest BCUT2D eigenvalue weighted by Gasteiger charge is 2.05. The summed E-state index contributed by atoms with van der Waals surface area (Å²) in [5.41, 5.74) is 8.66. The van der Waals surface area contributed by atoms with Crippen LogP contribution in [0, 0.1) is 0 Å². The highest BCUT2D eigenvalue weighted by molar-refractivity contribution is 5.78. The van der Waals surface area contributed by atoms with Crippen LogP contribution in [0.3, 0.4) is 0 Å². The number of aliphatic hydroxyl groups is 1. The van der Waals surface area contributed by atoms with Crippen LogP contribution < -0.4 is 5.73 Å². The van der Waals surface area contributed by atoms with Gasteiger partial charge in [-0.05, 0) is 18.1 Å². The number of para-hydroxylation sites is 1. The predicted molar refractivity (Wildman–Crippen MR) is 59.4 cm³/mol. The van der Waals surface area contributed by atoms with Crippen molar-refractivity contribution >= 4 is 11.0 Å². The minimum Gasteiger partial charge on any atom is -0.396 e. The van der Waals surface area contributed by atoms with E-state index in [1.54, 1.807) is 0 Å². The second kappa shape index (κ2) is 4.42. The maximum atomic E-state index is 8.74. The van der Waals surface area contributed by atoms with Crippen molar-refractivity contribution in [1.29, 1.82) is 0 Å². The number of nitrogens with one attached hydrogen (secondary N) is 1. The Kier molecular flexibility index (Phi) is 2.99. The van der Waals surface area contributed by atoms with Crippen molar-refractivity contribution in [2.24, 2.45) is 5.73 Å². The van der Waals surface area contributed by atoms with Gasteiger partial charge in [0, 0.05) is 19.6 Å². The molecule has 0 atom stereocenters. The van der Waals surface area contributed by atoms with E-state index < -0.39 is 0 Å². The Bertz CT molecular complexity index is 450. The molecule has 1 heterocycles. The van der Waals surface area contributed by atoms with Crippen molar-refractivity contribution in [3.63, 3.8) is 0 Å². The number of aromatic amines is 1. The van der Waals surface area contributed by atoms with Gasteiger partial charge < -0.3 is 15.8 Å². The van der Waals surface area contributed by atoms with Gasteiger partial charge in [-0.25, -0.2) is 4.98 Å². The van der Waals surface area contributed by atoms with Crippen LogP contribution in [0.5, 0.6) is 0 Å². The molecule has 15 heavy (non-hydrogen) atoms. The molecule has 0 amide bonds. The first-order valence-electron chi connectivity index (χ1n) is 5.12. The van der Waals surface area contributed by atoms with Crippen molar-refractivity contribution in [3.05, 3.63) is 29.6 Å². The van der Waals surface area contributed by atoms with E-state index in [4.69, 9.17) is 10.8 Å². The van der Waals surface area contributed by atoms with Crippen LogP contribution >= 0.6 is 0 Å². The lowest BCUT2D eigenvalue weighted by Gasteiger charge is -1.95. The summed E-state index contributed by atoms with van der Waals surface area (Å²) >= 11 is 0. The lowest BCUT2D eigenvalue weighted by Crippen LogP contribution is -1.96. The van der Waals surface area contributed by atoms with E-state index in [1.807, 2.05) is 18.2 Å². The molecule has 4 nitrogen and oxygen atoms in total. The Morgan fingerprint density at radius 2 is 2.27 bits per heavy atom. The fraction of sp³-hybridized carbons (Fsp3) is 0.364. The Morgan fingerprint density at radius 3 is 3.00 bits per heavy atom. The van der Waals surface area contributed by atoms with Crippen molar-refractivity contribution in [2.45, 2.75) is 19.4 Å². The molecule has 1 aromatic carbocycles.